The van der Waals surface area contributed by atoms with Crippen molar-refractivity contribution in [1.29, 1.82) is 0 Å². The molecule has 3 aliphatic carbocycles. The molecule has 0 unspecified atom stereocenters. The highest BCUT2D eigenvalue weighted by molar-refractivity contribution is 7.99. The largest absolute Gasteiger partial charge is 0.457 e. The van der Waals surface area contributed by atoms with Gasteiger partial charge in [0.2, 0.25) is 23.8 Å². The van der Waals surface area contributed by atoms with Gasteiger partial charge in [-0.25, -0.2) is 19.9 Å². The molecule has 16 aromatic rings. The van der Waals surface area contributed by atoms with E-state index in [2.05, 4.69) is 174 Å². The second kappa shape index (κ2) is 43.4. The first kappa shape index (κ1) is 85.6. The maximum atomic E-state index is 9.65. The summed E-state index contributed by atoms with van der Waals surface area (Å²) in [5.41, 5.74) is 11.4. The van der Waals surface area contributed by atoms with Crippen molar-refractivity contribution in [1.82, 2.24) is 39.9 Å². The lowest BCUT2D eigenvalue weighted by Crippen LogP contribution is -2.28. The quantitative estimate of drug-likeness (QED) is 0.0208. The number of aromatic nitrogens is 8. The van der Waals surface area contributed by atoms with Gasteiger partial charge in [0.05, 0.1) is 53.6 Å². The number of anilines is 9. The Balaban J connectivity index is 0.000000123. The number of nitrogens with zero attached hydrogens (tertiary/aromatic N) is 8. The number of para-hydroxylation sites is 5. The Morgan fingerprint density at radius 2 is 0.704 bits per heavy atom. The van der Waals surface area contributed by atoms with E-state index in [0.29, 0.717) is 72.4 Å². The maximum Gasteiger partial charge on any atom is 0.229 e. The zero-order valence-corrected chi connectivity index (χ0v) is 71.8. The molecule has 632 valence electrons. The van der Waals surface area contributed by atoms with Crippen molar-refractivity contribution >= 4 is 131 Å². The highest BCUT2D eigenvalue weighted by Crippen LogP contribution is 2.39. The zero-order chi connectivity index (χ0) is 85.1. The van der Waals surface area contributed by atoms with E-state index in [4.69, 9.17) is 46.2 Å². The number of rotatable bonds is 29. The van der Waals surface area contributed by atoms with Crippen LogP contribution >= 0.6 is 35.1 Å². The number of ether oxygens (including phenoxy) is 1. The summed E-state index contributed by atoms with van der Waals surface area (Å²) in [5, 5.41) is 60.9. The monoisotopic (exact) mass is 1710 g/mol. The molecule has 0 spiro atoms. The topological polar surface area (TPSA) is 269 Å². The van der Waals surface area contributed by atoms with Crippen LogP contribution in [0.5, 0.6) is 11.5 Å². The second-order valence-corrected chi connectivity index (χ2v) is 33.7. The van der Waals surface area contributed by atoms with E-state index in [-0.39, 0.29) is 19.8 Å². The molecule has 3 fully saturated rings. The van der Waals surface area contributed by atoms with Gasteiger partial charge in [0.1, 0.15) is 34.8 Å². The molecule has 23 heteroatoms. The summed E-state index contributed by atoms with van der Waals surface area (Å²) < 4.78 is 5.87. The highest BCUT2D eigenvalue weighted by atomic mass is 35.5. The Morgan fingerprint density at radius 1 is 0.336 bits per heavy atom. The van der Waals surface area contributed by atoms with E-state index in [0.717, 1.165) is 110 Å². The molecular formula is C102H101ClN16O4S2. The zero-order valence-electron chi connectivity index (χ0n) is 69.4. The Kier molecular flexibility index (Phi) is 29.7. The molecule has 19 rings (SSSR count). The van der Waals surface area contributed by atoms with Crippen molar-refractivity contribution in [2.75, 3.05) is 55.7 Å². The van der Waals surface area contributed by atoms with Crippen LogP contribution in [0.1, 0.15) is 99.3 Å². The fraction of sp³-hybridized carbons (Fsp3) is 0.216. The molecule has 0 amide bonds. The Bertz CT molecular complexity index is 6170. The van der Waals surface area contributed by atoms with Gasteiger partial charge < -0.3 is 62.6 Å². The molecular weight excluding hydrogens is 1610 g/mol. The molecule has 0 aliphatic heterocycles. The smallest absolute Gasteiger partial charge is 0.229 e. The third-order valence-corrected chi connectivity index (χ3v) is 24.7. The normalized spacial score (nSPS) is 13.3. The van der Waals surface area contributed by atoms with Crippen LogP contribution < -0.4 is 47.3 Å². The van der Waals surface area contributed by atoms with Gasteiger partial charge in [-0.1, -0.05) is 256 Å². The second-order valence-electron chi connectivity index (χ2n) is 31.1. The first-order valence-electron chi connectivity index (χ1n) is 42.9. The van der Waals surface area contributed by atoms with Gasteiger partial charge in [0, 0.05) is 83.9 Å². The summed E-state index contributed by atoms with van der Waals surface area (Å²) in [4.78, 5) is 42.3. The lowest BCUT2D eigenvalue weighted by atomic mass is 10.0. The number of hydrogen-bond donors (Lipinski definition) is 11. The molecule has 0 bridgehead atoms. The molecule has 3 saturated carbocycles. The number of aliphatic hydroxyl groups is 3. The molecule has 125 heavy (non-hydrogen) atoms. The molecule has 12 aromatic carbocycles. The summed E-state index contributed by atoms with van der Waals surface area (Å²) in [6, 6.07) is 102. The van der Waals surface area contributed by atoms with E-state index in [9.17, 15) is 15.3 Å². The number of benzene rings is 12. The van der Waals surface area contributed by atoms with Crippen molar-refractivity contribution < 1.29 is 20.1 Å². The van der Waals surface area contributed by atoms with E-state index >= 15 is 0 Å². The van der Waals surface area contributed by atoms with Crippen molar-refractivity contribution in [3.63, 3.8) is 0 Å². The van der Waals surface area contributed by atoms with E-state index in [1.165, 1.54) is 98.6 Å². The van der Waals surface area contributed by atoms with Gasteiger partial charge in [-0.05, 0) is 193 Å². The minimum Gasteiger partial charge on any atom is -0.457 e. The fourth-order valence-electron chi connectivity index (χ4n) is 15.5. The van der Waals surface area contributed by atoms with Crippen LogP contribution in [0.25, 0.3) is 54.7 Å². The molecule has 0 atom stereocenters. The van der Waals surface area contributed by atoms with Crippen LogP contribution in [0.4, 0.5) is 52.8 Å². The summed E-state index contributed by atoms with van der Waals surface area (Å²) in [7, 11) is 0. The Labute approximate surface area is 742 Å². The average molecular weight is 1710 g/mol. The first-order chi connectivity index (χ1) is 61.6. The van der Waals surface area contributed by atoms with Crippen LogP contribution in [0.3, 0.4) is 0 Å². The SMILES string of the molecule is Clc1ccc(Oc2ccc(CNc3nc(NC4CCCC4)c4ccccc4n3)cc2)cc1.OCc1ccccc1Sc1ccccc1CNc1nc(NC(CO)CO)c2ccccc2n1.c1ccc(-c2ccc(CNc3nc(NC4CCCC4)c4ccccc4n3)cc2)cc1.c1ccc(Sc2ccccc2Nc2nc(NC3CCCC3)c3ccccc3n2)cc1. The molecule has 4 heterocycles. The molecule has 4 aromatic heterocycles. The third kappa shape index (κ3) is 23.7. The van der Waals surface area contributed by atoms with Gasteiger partial charge >= 0.3 is 0 Å². The summed E-state index contributed by atoms with van der Waals surface area (Å²) in [5.74, 6) is 7.22. The molecule has 20 nitrogen and oxygen atoms in total. The van der Waals surface area contributed by atoms with E-state index < -0.39 is 6.04 Å². The summed E-state index contributed by atoms with van der Waals surface area (Å²) >= 11 is 9.27. The number of fused-ring (bicyclic) bond motifs is 4. The Morgan fingerprint density at radius 3 is 1.19 bits per heavy atom. The number of nitrogens with one attached hydrogen (secondary N) is 8. The average Bonchev–Trinajstić information content (AvgIpc) is 1.80. The highest BCUT2D eigenvalue weighted by Gasteiger charge is 2.23. The summed E-state index contributed by atoms with van der Waals surface area (Å²) in [6.45, 7) is 1.40. The van der Waals surface area contributed by atoms with Crippen LogP contribution in [0.2, 0.25) is 5.02 Å². The molecule has 0 radical (unpaired) electrons. The van der Waals surface area contributed by atoms with Crippen LogP contribution in [-0.4, -0.2) is 92.6 Å². The number of aliphatic hydroxyl groups excluding tert-OH is 3. The van der Waals surface area contributed by atoms with Gasteiger partial charge in [-0.2, -0.15) is 19.9 Å². The van der Waals surface area contributed by atoms with Crippen molar-refractivity contribution in [3.8, 4) is 22.6 Å². The van der Waals surface area contributed by atoms with Crippen LogP contribution in [-0.2, 0) is 26.2 Å². The minimum absolute atomic E-state index is 0.00697. The lowest BCUT2D eigenvalue weighted by Gasteiger charge is -2.17. The standard InChI is InChI=1S/C26H25ClN4O.C26H26N4.C25H26N4O3S.C25H24N4S/c27-19-11-15-22(16-12-19)32-21-13-9-18(10-14-21)17-28-26-30-24-8-4-3-7-23(24)25(31-26)29-20-5-1-2-6-20;1-2-8-20(9-3-1)21-16-14-19(15-17-21)18-27-26-29-24-13-7-6-12-23(24)25(30-26)28-22-10-4-5-11-22;30-14-18-8-2-6-12-23(18)33-22-11-5-1-7-17(22)13-26-25-28-21-10-4-3-9-20(21)24(29-25)27-19(15-31)16-32;1-2-12-19(13-3-1)30-23-17-9-8-16-22(23)28-25-27-21-15-7-6-14-20(21)24(29-25)26-18-10-4-5-11-18/h3-4,7-16,20H,1-2,5-6,17H2,(H2,28,29,30,31);1-3,6-9,12-17,22H,4-5,10-11,18H2,(H2,27,28,29,30);1-12,19,30-32H,13-16H2,(H2,26,27,28,29);1-3,6-9,12-18H,4-5,10-11H2,(H2,26,27,28,29). The minimum atomic E-state index is -0.514. The van der Waals surface area contributed by atoms with Gasteiger partial charge in [0.25, 0.3) is 0 Å². The Hall–Kier alpha value is -12.9. The first-order valence-corrected chi connectivity index (χ1v) is 44.9. The van der Waals surface area contributed by atoms with E-state index in [1.54, 1.807) is 23.5 Å². The maximum absolute atomic E-state index is 9.65. The number of hydrogen-bond acceptors (Lipinski definition) is 22. The van der Waals surface area contributed by atoms with Gasteiger partial charge in [-0.15, -0.1) is 0 Å². The van der Waals surface area contributed by atoms with Crippen molar-refractivity contribution in [2.24, 2.45) is 0 Å². The van der Waals surface area contributed by atoms with Gasteiger partial charge in [0.15, 0.2) is 0 Å². The summed E-state index contributed by atoms with van der Waals surface area (Å²) in [6.07, 6.45) is 15.0. The predicted octanol–water partition coefficient (Wildman–Crippen LogP) is 23.8. The third-order valence-electron chi connectivity index (χ3n) is 22.1. The molecule has 0 saturated heterocycles. The molecule has 3 aliphatic rings. The lowest BCUT2D eigenvalue weighted by molar-refractivity contribution is 0.203. The number of halogens is 1. The molecule has 11 N–H and O–H groups in total. The predicted molar refractivity (Wildman–Crippen MR) is 512 cm³/mol. The van der Waals surface area contributed by atoms with Crippen LogP contribution in [0.15, 0.2) is 323 Å². The van der Waals surface area contributed by atoms with Crippen molar-refractivity contribution in [2.45, 2.75) is 147 Å². The van der Waals surface area contributed by atoms with Gasteiger partial charge in [-0.3, -0.25) is 0 Å². The van der Waals surface area contributed by atoms with Crippen LogP contribution in [0, 0.1) is 0 Å². The fourth-order valence-corrected chi connectivity index (χ4v) is 17.6. The van der Waals surface area contributed by atoms with Crippen molar-refractivity contribution in [3.05, 3.63) is 331 Å². The van der Waals surface area contributed by atoms with E-state index in [1.807, 2.05) is 182 Å².